The maximum absolute atomic E-state index is 10.8. The third-order valence-electron chi connectivity index (χ3n) is 2.11. The molecule has 0 aromatic heterocycles. The van der Waals surface area contributed by atoms with E-state index in [1.54, 1.807) is 6.92 Å². The van der Waals surface area contributed by atoms with Crippen LogP contribution in [0.5, 0.6) is 0 Å². The molecule has 1 N–H and O–H groups in total. The number of carbonyl (C=O) groups is 1. The molecule has 1 saturated heterocycles. The summed E-state index contributed by atoms with van der Waals surface area (Å²) in [5.74, 6) is -0.254. The average Bonchev–Trinajstić information content (AvgIpc) is 2.41. The minimum absolute atomic E-state index is 0.0559. The Morgan fingerprint density at radius 2 is 2.46 bits per heavy atom. The Balaban J connectivity index is 2.25. The molecule has 1 rings (SSSR count). The van der Waals surface area contributed by atoms with Crippen LogP contribution in [0.1, 0.15) is 19.8 Å². The first-order chi connectivity index (χ1) is 6.13. The highest BCUT2D eigenvalue weighted by atomic mass is 16.6. The second kappa shape index (κ2) is 4.62. The zero-order valence-corrected chi connectivity index (χ0v) is 8.03. The van der Waals surface area contributed by atoms with Crippen LogP contribution in [0.25, 0.3) is 0 Å². The summed E-state index contributed by atoms with van der Waals surface area (Å²) in [5.41, 5.74) is 0. The highest BCUT2D eigenvalue weighted by Crippen LogP contribution is 2.18. The van der Waals surface area contributed by atoms with Gasteiger partial charge in [-0.3, -0.25) is 4.79 Å². The lowest BCUT2D eigenvalue weighted by Gasteiger charge is -2.13. The molecule has 3 atom stereocenters. The molecule has 0 spiro atoms. The quantitative estimate of drug-likeness (QED) is 0.456. The maximum atomic E-state index is 10.8. The van der Waals surface area contributed by atoms with Gasteiger partial charge in [-0.2, -0.15) is 0 Å². The van der Waals surface area contributed by atoms with Crippen LogP contribution in [-0.2, 0) is 14.3 Å². The van der Waals surface area contributed by atoms with E-state index in [0.29, 0.717) is 12.8 Å². The Bertz CT molecular complexity index is 185. The minimum atomic E-state index is -0.500. The van der Waals surface area contributed by atoms with Crippen molar-refractivity contribution >= 4 is 13.8 Å². The molecule has 1 aliphatic rings. The van der Waals surface area contributed by atoms with E-state index in [9.17, 15) is 9.90 Å². The summed E-state index contributed by atoms with van der Waals surface area (Å²) in [7, 11) is 1.89. The van der Waals surface area contributed by atoms with Gasteiger partial charge in [0, 0.05) is 12.4 Å². The zero-order valence-electron chi connectivity index (χ0n) is 8.03. The molecule has 0 aliphatic carbocycles. The molecule has 0 unspecified atom stereocenters. The molecule has 0 aromatic rings. The highest BCUT2D eigenvalue weighted by molar-refractivity contribution is 6.11. The number of hydrogen-bond acceptors (Lipinski definition) is 4. The molecule has 0 aromatic carbocycles. The molecular formula is C8H15BO4. The third kappa shape index (κ3) is 3.01. The topological polar surface area (TPSA) is 55.8 Å². The van der Waals surface area contributed by atoms with Gasteiger partial charge in [0.2, 0.25) is 0 Å². The molecule has 0 amide bonds. The largest absolute Gasteiger partial charge is 0.463 e. The van der Waals surface area contributed by atoms with E-state index in [2.05, 4.69) is 0 Å². The van der Waals surface area contributed by atoms with Crippen molar-refractivity contribution in [1.82, 2.24) is 0 Å². The van der Waals surface area contributed by atoms with Crippen molar-refractivity contribution in [3.8, 4) is 0 Å². The van der Waals surface area contributed by atoms with E-state index in [1.165, 1.54) is 0 Å². The lowest BCUT2D eigenvalue weighted by Crippen LogP contribution is -2.27. The van der Waals surface area contributed by atoms with E-state index in [4.69, 9.17) is 9.47 Å². The smallest absolute Gasteiger partial charge is 0.305 e. The van der Waals surface area contributed by atoms with Crippen LogP contribution in [0.15, 0.2) is 0 Å². The van der Waals surface area contributed by atoms with E-state index in [1.807, 2.05) is 7.85 Å². The summed E-state index contributed by atoms with van der Waals surface area (Å²) in [6.45, 7) is 1.90. The second-order valence-electron chi connectivity index (χ2n) is 3.32. The minimum Gasteiger partial charge on any atom is -0.463 e. The zero-order chi connectivity index (χ0) is 9.84. The summed E-state index contributed by atoms with van der Waals surface area (Å²) < 4.78 is 10.2. The summed E-state index contributed by atoms with van der Waals surface area (Å²) in [4.78, 5) is 10.8. The van der Waals surface area contributed by atoms with Crippen LogP contribution < -0.4 is 0 Å². The fourth-order valence-corrected chi connectivity index (χ4v) is 1.36. The van der Waals surface area contributed by atoms with Crippen LogP contribution in [0, 0.1) is 0 Å². The number of carbonyl (C=O) groups excluding carboxylic acids is 1. The highest BCUT2D eigenvalue weighted by Gasteiger charge is 2.31. The summed E-state index contributed by atoms with van der Waals surface area (Å²) >= 11 is 0. The monoisotopic (exact) mass is 186 g/mol. The lowest BCUT2D eigenvalue weighted by molar-refractivity contribution is -0.148. The van der Waals surface area contributed by atoms with Gasteiger partial charge in [0.1, 0.15) is 20.6 Å². The molecule has 13 heavy (non-hydrogen) atoms. The van der Waals surface area contributed by atoms with Gasteiger partial charge >= 0.3 is 5.97 Å². The lowest BCUT2D eigenvalue weighted by atomic mass is 9.96. The first-order valence-electron chi connectivity index (χ1n) is 4.62. The Morgan fingerprint density at radius 1 is 1.77 bits per heavy atom. The number of ether oxygens (including phenoxy) is 2. The van der Waals surface area contributed by atoms with Crippen molar-refractivity contribution < 1.29 is 19.4 Å². The fourth-order valence-electron chi connectivity index (χ4n) is 1.36. The number of esters is 1. The van der Waals surface area contributed by atoms with Crippen molar-refractivity contribution in [2.75, 3.05) is 6.61 Å². The standard InChI is InChI=1S/C8H15BO4/c1-2-8(11)12-4-6-5(10)3-7(9)13-6/h5-7,10H,2-4,9H2,1H3/t5-,6-,7-/m0/s1. The normalized spacial score (nSPS) is 33.2. The van der Waals surface area contributed by atoms with Crippen LogP contribution in [0.4, 0.5) is 0 Å². The van der Waals surface area contributed by atoms with Crippen molar-refractivity contribution in [3.05, 3.63) is 0 Å². The fraction of sp³-hybridized carbons (Fsp3) is 0.875. The molecule has 0 bridgehead atoms. The van der Waals surface area contributed by atoms with Crippen LogP contribution in [0.2, 0.25) is 0 Å². The molecule has 0 saturated carbocycles. The van der Waals surface area contributed by atoms with Crippen LogP contribution in [0.3, 0.4) is 0 Å². The van der Waals surface area contributed by atoms with Gasteiger partial charge < -0.3 is 14.6 Å². The van der Waals surface area contributed by atoms with E-state index in [0.717, 1.165) is 0 Å². The Hall–Kier alpha value is -0.545. The van der Waals surface area contributed by atoms with Crippen LogP contribution in [-0.4, -0.2) is 43.7 Å². The Kier molecular flexibility index (Phi) is 3.75. The summed E-state index contributed by atoms with van der Waals surface area (Å²) in [6, 6.07) is 0.0559. The molecule has 1 fully saturated rings. The van der Waals surface area contributed by atoms with Crippen molar-refractivity contribution in [1.29, 1.82) is 0 Å². The third-order valence-corrected chi connectivity index (χ3v) is 2.11. The number of hydrogen-bond donors (Lipinski definition) is 1. The number of rotatable bonds is 3. The number of aliphatic hydroxyl groups excluding tert-OH is 1. The first kappa shape index (κ1) is 10.5. The summed E-state index contributed by atoms with van der Waals surface area (Å²) in [6.07, 6.45) is 0.136. The first-order valence-corrected chi connectivity index (χ1v) is 4.62. The molecule has 4 nitrogen and oxygen atoms in total. The van der Waals surface area contributed by atoms with Gasteiger partial charge in [-0.25, -0.2) is 0 Å². The predicted molar refractivity (Wildman–Crippen MR) is 49.1 cm³/mol. The average molecular weight is 186 g/mol. The van der Waals surface area contributed by atoms with Gasteiger partial charge in [0.25, 0.3) is 0 Å². The SMILES string of the molecule is B[C@@H]1C[C@H](O)[C@H](COC(=O)CC)O1. The number of aliphatic hydroxyl groups is 1. The molecule has 0 radical (unpaired) electrons. The van der Waals surface area contributed by atoms with E-state index in [-0.39, 0.29) is 24.7 Å². The van der Waals surface area contributed by atoms with Crippen molar-refractivity contribution in [2.45, 2.75) is 38.0 Å². The van der Waals surface area contributed by atoms with Crippen LogP contribution >= 0.6 is 0 Å². The molecule has 5 heteroatoms. The van der Waals surface area contributed by atoms with Gasteiger partial charge in [-0.05, 0) is 6.42 Å². The van der Waals surface area contributed by atoms with Gasteiger partial charge in [0.15, 0.2) is 0 Å². The van der Waals surface area contributed by atoms with Crippen molar-refractivity contribution in [2.24, 2.45) is 0 Å². The van der Waals surface area contributed by atoms with Gasteiger partial charge in [-0.15, -0.1) is 0 Å². The van der Waals surface area contributed by atoms with Gasteiger partial charge in [0.05, 0.1) is 6.10 Å². The molecule has 1 aliphatic heterocycles. The van der Waals surface area contributed by atoms with E-state index >= 15 is 0 Å². The predicted octanol–water partition coefficient (Wildman–Crippen LogP) is -0.951. The molecular weight excluding hydrogens is 171 g/mol. The summed E-state index contributed by atoms with van der Waals surface area (Å²) in [5, 5.41) is 9.43. The molecule has 1 heterocycles. The molecule has 74 valence electrons. The Morgan fingerprint density at radius 3 is 2.92 bits per heavy atom. The maximum Gasteiger partial charge on any atom is 0.305 e. The Labute approximate surface area is 78.6 Å². The van der Waals surface area contributed by atoms with Gasteiger partial charge in [-0.1, -0.05) is 6.92 Å². The van der Waals surface area contributed by atoms with E-state index < -0.39 is 6.10 Å². The second-order valence-corrected chi connectivity index (χ2v) is 3.32. The van der Waals surface area contributed by atoms with Crippen molar-refractivity contribution in [3.63, 3.8) is 0 Å².